The van der Waals surface area contributed by atoms with Crippen LogP contribution in [0.5, 0.6) is 0 Å². The first-order valence-electron chi connectivity index (χ1n) is 18.2. The normalized spacial score (nSPS) is 11.7. The Bertz CT molecular complexity index is 3200. The molecule has 11 aromatic rings. The smallest absolute Gasteiger partial charge is 0.238 e. The molecule has 8 aromatic carbocycles. The van der Waals surface area contributed by atoms with E-state index in [9.17, 15) is 0 Å². The van der Waals surface area contributed by atoms with Crippen LogP contribution in [-0.2, 0) is 0 Å². The Kier molecular flexibility index (Phi) is 6.79. The first-order valence-corrected chi connectivity index (χ1v) is 18.2. The third kappa shape index (κ3) is 4.69. The van der Waals surface area contributed by atoms with E-state index >= 15 is 0 Å². The molecule has 0 saturated carbocycles. The second-order valence-corrected chi connectivity index (χ2v) is 13.7. The summed E-state index contributed by atoms with van der Waals surface area (Å²) in [5, 5.41) is 7.15. The molecule has 11 rings (SSSR count). The molecule has 0 saturated heterocycles. The molecule has 0 bridgehead atoms. The minimum atomic E-state index is 0.574. The zero-order valence-electron chi connectivity index (χ0n) is 29.1. The van der Waals surface area contributed by atoms with Crippen LogP contribution in [0.1, 0.15) is 0 Å². The lowest BCUT2D eigenvalue weighted by molar-refractivity contribution is 0.954. The van der Waals surface area contributed by atoms with Crippen molar-refractivity contribution in [3.63, 3.8) is 0 Å². The quantitative estimate of drug-likeness (QED) is 0.181. The minimum absolute atomic E-state index is 0.574. The van der Waals surface area contributed by atoms with Gasteiger partial charge in [0.2, 0.25) is 5.95 Å². The van der Waals surface area contributed by atoms with Crippen molar-refractivity contribution in [1.82, 2.24) is 24.1 Å². The number of hydrogen-bond donors (Lipinski definition) is 0. The van der Waals surface area contributed by atoms with E-state index in [1.165, 1.54) is 37.8 Å². The summed E-state index contributed by atoms with van der Waals surface area (Å²) in [5.41, 5.74) is 9.64. The Morgan fingerprint density at radius 1 is 0.315 bits per heavy atom. The Hall–Kier alpha value is -7.37. The van der Waals surface area contributed by atoms with Crippen LogP contribution in [0.3, 0.4) is 0 Å². The summed E-state index contributed by atoms with van der Waals surface area (Å²) in [6, 6.07) is 66.1. The summed E-state index contributed by atoms with van der Waals surface area (Å²) in [4.78, 5) is 15.7. The van der Waals surface area contributed by atoms with Crippen molar-refractivity contribution in [3.05, 3.63) is 188 Å². The number of rotatable bonds is 5. The highest BCUT2D eigenvalue weighted by Gasteiger charge is 2.24. The van der Waals surface area contributed by atoms with E-state index in [4.69, 9.17) is 15.0 Å². The van der Waals surface area contributed by atoms with Crippen LogP contribution in [-0.4, -0.2) is 24.1 Å². The highest BCUT2D eigenvalue weighted by Crippen LogP contribution is 2.44. The van der Waals surface area contributed by atoms with Gasteiger partial charge in [-0.3, -0.25) is 4.57 Å². The SMILES string of the molecule is c1ccc(-c2cccc(-c3nc(-c4ccccc4)nc(-n4c5ccc6ccccc6c5c5c6c7ccccc7n(-c7ccccc7)c6ccc54)n3)c2)cc1. The van der Waals surface area contributed by atoms with Crippen molar-refractivity contribution in [2.75, 3.05) is 0 Å². The van der Waals surface area contributed by atoms with Gasteiger partial charge >= 0.3 is 0 Å². The monoisotopic (exact) mass is 689 g/mol. The van der Waals surface area contributed by atoms with E-state index in [1.807, 2.05) is 24.3 Å². The number of para-hydroxylation sites is 2. The molecular formula is C49H31N5. The predicted molar refractivity (Wildman–Crippen MR) is 222 cm³/mol. The minimum Gasteiger partial charge on any atom is -0.309 e. The second-order valence-electron chi connectivity index (χ2n) is 13.7. The Labute approximate surface area is 311 Å². The van der Waals surface area contributed by atoms with Crippen LogP contribution in [0.4, 0.5) is 0 Å². The number of hydrogen-bond acceptors (Lipinski definition) is 3. The highest BCUT2D eigenvalue weighted by molar-refractivity contribution is 6.33. The van der Waals surface area contributed by atoms with Crippen molar-refractivity contribution in [1.29, 1.82) is 0 Å². The molecule has 0 amide bonds. The van der Waals surface area contributed by atoms with Gasteiger partial charge in [-0.05, 0) is 64.4 Å². The molecular weight excluding hydrogens is 659 g/mol. The molecule has 5 nitrogen and oxygen atoms in total. The molecule has 5 heteroatoms. The number of aromatic nitrogens is 5. The molecule has 0 aliphatic carbocycles. The van der Waals surface area contributed by atoms with Gasteiger partial charge < -0.3 is 4.57 Å². The zero-order valence-corrected chi connectivity index (χ0v) is 29.1. The van der Waals surface area contributed by atoms with Gasteiger partial charge in [0.05, 0.1) is 22.1 Å². The van der Waals surface area contributed by atoms with Gasteiger partial charge in [-0.15, -0.1) is 0 Å². The first kappa shape index (κ1) is 30.3. The van der Waals surface area contributed by atoms with Crippen molar-refractivity contribution in [2.24, 2.45) is 0 Å². The van der Waals surface area contributed by atoms with E-state index < -0.39 is 0 Å². The second kappa shape index (κ2) is 12.1. The van der Waals surface area contributed by atoms with E-state index in [0.717, 1.165) is 44.5 Å². The Morgan fingerprint density at radius 3 is 1.63 bits per heavy atom. The van der Waals surface area contributed by atoms with Gasteiger partial charge in [0, 0.05) is 38.4 Å². The molecule has 0 unspecified atom stereocenters. The Morgan fingerprint density at radius 2 is 0.852 bits per heavy atom. The molecule has 252 valence electrons. The summed E-state index contributed by atoms with van der Waals surface area (Å²) in [7, 11) is 0. The molecule has 3 aromatic heterocycles. The fourth-order valence-electron chi connectivity index (χ4n) is 8.18. The first-order chi connectivity index (χ1) is 26.8. The number of nitrogens with zero attached hydrogens (tertiary/aromatic N) is 5. The molecule has 0 spiro atoms. The molecule has 0 fully saturated rings. The highest BCUT2D eigenvalue weighted by atomic mass is 15.2. The van der Waals surface area contributed by atoms with E-state index in [-0.39, 0.29) is 0 Å². The zero-order chi connectivity index (χ0) is 35.6. The Balaban J connectivity index is 1.27. The third-order valence-electron chi connectivity index (χ3n) is 10.6. The molecule has 3 heterocycles. The summed E-state index contributed by atoms with van der Waals surface area (Å²) < 4.78 is 4.62. The topological polar surface area (TPSA) is 48.5 Å². The van der Waals surface area contributed by atoms with Crippen LogP contribution >= 0.6 is 0 Å². The summed E-state index contributed by atoms with van der Waals surface area (Å²) in [6.07, 6.45) is 0. The van der Waals surface area contributed by atoms with E-state index in [1.54, 1.807) is 0 Å². The average molecular weight is 690 g/mol. The van der Waals surface area contributed by atoms with Crippen molar-refractivity contribution < 1.29 is 0 Å². The molecule has 0 aliphatic heterocycles. The van der Waals surface area contributed by atoms with Crippen molar-refractivity contribution >= 4 is 54.4 Å². The van der Waals surface area contributed by atoms with E-state index in [0.29, 0.717) is 17.6 Å². The predicted octanol–water partition coefficient (Wildman–Crippen LogP) is 12.2. The van der Waals surface area contributed by atoms with Crippen LogP contribution in [0.2, 0.25) is 0 Å². The molecule has 54 heavy (non-hydrogen) atoms. The van der Waals surface area contributed by atoms with Crippen molar-refractivity contribution in [3.8, 4) is 45.5 Å². The van der Waals surface area contributed by atoms with Gasteiger partial charge in [0.25, 0.3) is 0 Å². The van der Waals surface area contributed by atoms with Crippen LogP contribution in [0, 0.1) is 0 Å². The van der Waals surface area contributed by atoms with Gasteiger partial charge in [-0.1, -0.05) is 146 Å². The molecule has 0 atom stereocenters. The lowest BCUT2D eigenvalue weighted by atomic mass is 10.0. The standard InChI is InChI=1S/C49H31N5/c1-4-15-32(16-5-1)35-20-14-21-36(31-35)48-50-47(34-18-6-2-7-19-34)51-49(52-48)54-42-28-27-33-17-10-11-24-38(33)44(42)46-43(54)30-29-41-45(46)39-25-12-13-26-40(39)53(41)37-22-8-3-9-23-37/h1-31H. The molecule has 0 radical (unpaired) electrons. The largest absolute Gasteiger partial charge is 0.309 e. The van der Waals surface area contributed by atoms with Gasteiger partial charge in [-0.25, -0.2) is 4.98 Å². The average Bonchev–Trinajstić information content (AvgIpc) is 3.78. The van der Waals surface area contributed by atoms with E-state index in [2.05, 4.69) is 173 Å². The van der Waals surface area contributed by atoms with Crippen LogP contribution in [0.25, 0.3) is 99.9 Å². The molecule has 0 aliphatic rings. The van der Waals surface area contributed by atoms with Gasteiger partial charge in [0.1, 0.15) is 0 Å². The number of benzene rings is 8. The summed E-state index contributed by atoms with van der Waals surface area (Å²) in [6.45, 7) is 0. The van der Waals surface area contributed by atoms with Crippen molar-refractivity contribution in [2.45, 2.75) is 0 Å². The van der Waals surface area contributed by atoms with Gasteiger partial charge in [0.15, 0.2) is 11.6 Å². The van der Waals surface area contributed by atoms with Crippen LogP contribution < -0.4 is 0 Å². The maximum absolute atomic E-state index is 5.32. The number of fused-ring (bicyclic) bond motifs is 9. The lowest BCUT2D eigenvalue weighted by Crippen LogP contribution is -2.06. The fourth-order valence-corrected chi connectivity index (χ4v) is 8.18. The summed E-state index contributed by atoms with van der Waals surface area (Å²) >= 11 is 0. The molecule has 0 N–H and O–H groups in total. The summed E-state index contributed by atoms with van der Waals surface area (Å²) in [5.74, 6) is 1.82. The van der Waals surface area contributed by atoms with Crippen LogP contribution in [0.15, 0.2) is 188 Å². The maximum Gasteiger partial charge on any atom is 0.238 e. The fraction of sp³-hybridized carbons (Fsp3) is 0. The lowest BCUT2D eigenvalue weighted by Gasteiger charge is -2.12. The maximum atomic E-state index is 5.32. The third-order valence-corrected chi connectivity index (χ3v) is 10.6. The van der Waals surface area contributed by atoms with Gasteiger partial charge in [-0.2, -0.15) is 9.97 Å².